The standard InChI is InChI=1S/C13H17N3O3/c14-11(17)9-3-1-2-4-10(9)16-12(18)13(15)5-7-19-8-6-13/h1-4H,5-8,15H2,(H2,14,17)(H,16,18). The van der Waals surface area contributed by atoms with Gasteiger partial charge < -0.3 is 21.5 Å². The minimum Gasteiger partial charge on any atom is -0.381 e. The van der Waals surface area contributed by atoms with Crippen molar-refractivity contribution in [2.45, 2.75) is 18.4 Å². The van der Waals surface area contributed by atoms with E-state index in [1.165, 1.54) is 0 Å². The Hall–Kier alpha value is -1.92. The van der Waals surface area contributed by atoms with E-state index >= 15 is 0 Å². The summed E-state index contributed by atoms with van der Waals surface area (Å²) in [5.41, 5.74) is 11.0. The lowest BCUT2D eigenvalue weighted by molar-refractivity contribution is -0.124. The van der Waals surface area contributed by atoms with Crippen LogP contribution in [0.4, 0.5) is 5.69 Å². The fraction of sp³-hybridized carbons (Fsp3) is 0.385. The maximum Gasteiger partial charge on any atom is 0.250 e. The number of nitrogens with two attached hydrogens (primary N) is 2. The highest BCUT2D eigenvalue weighted by Crippen LogP contribution is 2.21. The Labute approximate surface area is 111 Å². The molecule has 1 fully saturated rings. The molecule has 0 aromatic heterocycles. The van der Waals surface area contributed by atoms with Crippen LogP contribution in [0.2, 0.25) is 0 Å². The first-order valence-electron chi connectivity index (χ1n) is 6.10. The lowest BCUT2D eigenvalue weighted by atomic mass is 9.90. The second kappa shape index (κ2) is 5.38. The van der Waals surface area contributed by atoms with Gasteiger partial charge >= 0.3 is 0 Å². The third-order valence-corrected chi connectivity index (χ3v) is 3.28. The third-order valence-electron chi connectivity index (χ3n) is 3.28. The molecule has 2 rings (SSSR count). The van der Waals surface area contributed by atoms with Gasteiger partial charge in [0.05, 0.1) is 11.3 Å². The summed E-state index contributed by atoms with van der Waals surface area (Å²) in [6.45, 7) is 0.919. The molecule has 0 unspecified atom stereocenters. The van der Waals surface area contributed by atoms with Crippen LogP contribution in [0.15, 0.2) is 24.3 Å². The molecule has 1 saturated heterocycles. The molecule has 0 radical (unpaired) electrons. The van der Waals surface area contributed by atoms with E-state index in [-0.39, 0.29) is 11.5 Å². The van der Waals surface area contributed by atoms with Gasteiger partial charge in [0, 0.05) is 13.2 Å². The predicted molar refractivity (Wildman–Crippen MR) is 70.6 cm³/mol. The van der Waals surface area contributed by atoms with Gasteiger partial charge in [-0.1, -0.05) is 12.1 Å². The summed E-state index contributed by atoms with van der Waals surface area (Å²) in [7, 11) is 0. The average molecular weight is 263 g/mol. The Bertz CT molecular complexity index is 496. The summed E-state index contributed by atoms with van der Waals surface area (Å²) in [5, 5.41) is 2.68. The number of carbonyl (C=O) groups excluding carboxylic acids is 2. The topological polar surface area (TPSA) is 107 Å². The van der Waals surface area contributed by atoms with Gasteiger partial charge in [-0.2, -0.15) is 0 Å². The molecule has 1 aromatic carbocycles. The van der Waals surface area contributed by atoms with Crippen LogP contribution in [-0.2, 0) is 9.53 Å². The third kappa shape index (κ3) is 2.91. The monoisotopic (exact) mass is 263 g/mol. The Morgan fingerprint density at radius 2 is 1.84 bits per heavy atom. The van der Waals surface area contributed by atoms with Gasteiger partial charge in [-0.05, 0) is 25.0 Å². The number of ether oxygens (including phenoxy) is 1. The largest absolute Gasteiger partial charge is 0.381 e. The predicted octanol–water partition coefficient (Wildman–Crippen LogP) is 0.232. The zero-order valence-corrected chi connectivity index (χ0v) is 10.5. The van der Waals surface area contributed by atoms with Crippen molar-refractivity contribution in [3.8, 4) is 0 Å². The Morgan fingerprint density at radius 1 is 1.21 bits per heavy atom. The molecule has 1 aliphatic heterocycles. The number of benzene rings is 1. The molecular formula is C13H17N3O3. The zero-order chi connectivity index (χ0) is 13.9. The van der Waals surface area contributed by atoms with Crippen LogP contribution < -0.4 is 16.8 Å². The number of primary amides is 1. The molecule has 2 amide bonds. The van der Waals surface area contributed by atoms with E-state index < -0.39 is 11.4 Å². The van der Waals surface area contributed by atoms with Gasteiger partial charge in [-0.3, -0.25) is 9.59 Å². The van der Waals surface area contributed by atoms with E-state index in [1.54, 1.807) is 24.3 Å². The molecule has 1 aliphatic rings. The number of nitrogens with one attached hydrogen (secondary N) is 1. The number of carbonyl (C=O) groups is 2. The lowest BCUT2D eigenvalue weighted by Gasteiger charge is -2.31. The maximum absolute atomic E-state index is 12.2. The van der Waals surface area contributed by atoms with E-state index in [9.17, 15) is 9.59 Å². The fourth-order valence-corrected chi connectivity index (χ4v) is 2.02. The molecule has 5 N–H and O–H groups in total. The highest BCUT2D eigenvalue weighted by atomic mass is 16.5. The number of hydrogen-bond acceptors (Lipinski definition) is 4. The van der Waals surface area contributed by atoms with Gasteiger partial charge in [0.1, 0.15) is 5.54 Å². The number of anilines is 1. The zero-order valence-electron chi connectivity index (χ0n) is 10.5. The molecule has 19 heavy (non-hydrogen) atoms. The van der Waals surface area contributed by atoms with E-state index in [1.807, 2.05) is 0 Å². The van der Waals surface area contributed by atoms with Crippen molar-refractivity contribution in [1.29, 1.82) is 0 Å². The van der Waals surface area contributed by atoms with Gasteiger partial charge in [-0.25, -0.2) is 0 Å². The van der Waals surface area contributed by atoms with Crippen molar-refractivity contribution in [3.05, 3.63) is 29.8 Å². The van der Waals surface area contributed by atoms with Crippen LogP contribution in [0.3, 0.4) is 0 Å². The molecule has 6 nitrogen and oxygen atoms in total. The van der Waals surface area contributed by atoms with Gasteiger partial charge in [0.25, 0.3) is 5.91 Å². The molecule has 0 bridgehead atoms. The van der Waals surface area contributed by atoms with Gasteiger partial charge in [0.15, 0.2) is 0 Å². The van der Waals surface area contributed by atoms with E-state index in [2.05, 4.69) is 5.32 Å². The lowest BCUT2D eigenvalue weighted by Crippen LogP contribution is -2.54. The smallest absolute Gasteiger partial charge is 0.250 e. The molecule has 102 valence electrons. The van der Waals surface area contributed by atoms with Crippen molar-refractivity contribution < 1.29 is 14.3 Å². The molecule has 1 aromatic rings. The highest BCUT2D eigenvalue weighted by Gasteiger charge is 2.36. The van der Waals surface area contributed by atoms with Gasteiger partial charge in [0.2, 0.25) is 5.91 Å². The second-order valence-corrected chi connectivity index (χ2v) is 4.63. The molecule has 0 aliphatic carbocycles. The van der Waals surface area contributed by atoms with Crippen molar-refractivity contribution in [2.75, 3.05) is 18.5 Å². The number of hydrogen-bond donors (Lipinski definition) is 3. The first-order valence-corrected chi connectivity index (χ1v) is 6.10. The maximum atomic E-state index is 12.2. The SMILES string of the molecule is NC(=O)c1ccccc1NC(=O)C1(N)CCOCC1. The van der Waals surface area contributed by atoms with Crippen LogP contribution in [0, 0.1) is 0 Å². The number of para-hydroxylation sites is 1. The van der Waals surface area contributed by atoms with Crippen molar-refractivity contribution in [2.24, 2.45) is 11.5 Å². The summed E-state index contributed by atoms with van der Waals surface area (Å²) in [5.74, 6) is -0.904. The Morgan fingerprint density at radius 3 is 2.47 bits per heavy atom. The van der Waals surface area contributed by atoms with E-state index in [0.717, 1.165) is 0 Å². The first-order chi connectivity index (χ1) is 9.03. The molecule has 6 heteroatoms. The Balaban J connectivity index is 2.17. The minimum atomic E-state index is -0.955. The van der Waals surface area contributed by atoms with Crippen LogP contribution in [0.25, 0.3) is 0 Å². The summed E-state index contributed by atoms with van der Waals surface area (Å²) < 4.78 is 5.19. The molecule has 1 heterocycles. The van der Waals surface area contributed by atoms with Gasteiger partial charge in [-0.15, -0.1) is 0 Å². The highest BCUT2D eigenvalue weighted by molar-refractivity contribution is 6.05. The van der Waals surface area contributed by atoms with Crippen molar-refractivity contribution >= 4 is 17.5 Å². The minimum absolute atomic E-state index is 0.270. The summed E-state index contributed by atoms with van der Waals surface area (Å²) in [6.07, 6.45) is 0.912. The molecule has 0 saturated carbocycles. The van der Waals surface area contributed by atoms with Crippen LogP contribution >= 0.6 is 0 Å². The fourth-order valence-electron chi connectivity index (χ4n) is 2.02. The molecule has 0 spiro atoms. The summed E-state index contributed by atoms with van der Waals surface area (Å²) in [4.78, 5) is 23.5. The van der Waals surface area contributed by atoms with E-state index in [0.29, 0.717) is 31.7 Å². The molecule has 0 atom stereocenters. The van der Waals surface area contributed by atoms with Crippen molar-refractivity contribution in [3.63, 3.8) is 0 Å². The second-order valence-electron chi connectivity index (χ2n) is 4.63. The quantitative estimate of drug-likeness (QED) is 0.725. The van der Waals surface area contributed by atoms with Crippen LogP contribution in [-0.4, -0.2) is 30.6 Å². The van der Waals surface area contributed by atoms with Crippen LogP contribution in [0.1, 0.15) is 23.2 Å². The number of amides is 2. The summed E-state index contributed by atoms with van der Waals surface area (Å²) in [6, 6.07) is 6.59. The number of rotatable bonds is 3. The normalized spacial score (nSPS) is 17.7. The van der Waals surface area contributed by atoms with E-state index in [4.69, 9.17) is 16.2 Å². The molecular weight excluding hydrogens is 246 g/mol. The Kier molecular flexibility index (Phi) is 3.82. The average Bonchev–Trinajstić information content (AvgIpc) is 2.40. The first kappa shape index (κ1) is 13.5. The van der Waals surface area contributed by atoms with Crippen molar-refractivity contribution in [1.82, 2.24) is 0 Å². The summed E-state index contributed by atoms with van der Waals surface area (Å²) >= 11 is 0. The van der Waals surface area contributed by atoms with Crippen LogP contribution in [0.5, 0.6) is 0 Å².